The fourth-order valence-corrected chi connectivity index (χ4v) is 5.52. The Morgan fingerprint density at radius 2 is 1.57 bits per heavy atom. The van der Waals surface area contributed by atoms with Gasteiger partial charge in [0.15, 0.2) is 5.69 Å². The Balaban J connectivity index is 2.01. The van der Waals surface area contributed by atoms with Gasteiger partial charge in [-0.3, -0.25) is 9.36 Å². The Bertz CT molecular complexity index is 1530. The van der Waals surface area contributed by atoms with Crippen LogP contribution < -0.4 is 25.8 Å². The lowest BCUT2D eigenvalue weighted by molar-refractivity contribution is -0.135. The minimum absolute atomic E-state index is 0.0402. The monoisotopic (exact) mass is 564 g/mol. The fraction of sp³-hybridized carbons (Fsp3) is 0.300. The highest BCUT2D eigenvalue weighted by Crippen LogP contribution is 2.40. The van der Waals surface area contributed by atoms with Gasteiger partial charge in [0, 0.05) is 5.22 Å². The zero-order chi connectivity index (χ0) is 28.8. The van der Waals surface area contributed by atoms with Crippen molar-refractivity contribution < 1.29 is 33.3 Å². The Kier molecular flexibility index (Phi) is 9.21. The first kappa shape index (κ1) is 28.8. The van der Waals surface area contributed by atoms with Crippen molar-refractivity contribution in [2.24, 2.45) is 0 Å². The minimum atomic E-state index is -0.847. The average Bonchev–Trinajstić information content (AvgIpc) is 3.26. The van der Waals surface area contributed by atoms with Gasteiger partial charge in [-0.25, -0.2) is 9.59 Å². The van der Waals surface area contributed by atoms with Gasteiger partial charge < -0.3 is 24.7 Å². The number of unbranched alkanes of at least 4 members (excludes halogenated alkanes) is 1. The molecule has 4 rings (SSSR count). The summed E-state index contributed by atoms with van der Waals surface area (Å²) in [5, 5.41) is -0.292. The van der Waals surface area contributed by atoms with Crippen LogP contribution in [0.3, 0.4) is 0 Å². The highest BCUT2D eigenvalue weighted by atomic mass is 32.2. The number of hydrogen-bond donors (Lipinski definition) is 1. The number of rotatable bonds is 10. The summed E-state index contributed by atoms with van der Waals surface area (Å²) in [6.45, 7) is 3.98. The largest absolute Gasteiger partial charge is 0.497 e. The van der Waals surface area contributed by atoms with Crippen LogP contribution in [0.5, 0.6) is 11.5 Å². The van der Waals surface area contributed by atoms with Crippen molar-refractivity contribution in [3.05, 3.63) is 75.9 Å². The molecule has 10 heteroatoms. The molecule has 0 radical (unpaired) electrons. The van der Waals surface area contributed by atoms with Gasteiger partial charge in [-0.2, -0.15) is 0 Å². The van der Waals surface area contributed by atoms with Gasteiger partial charge in [-0.05, 0) is 54.8 Å². The molecule has 9 nitrogen and oxygen atoms in total. The predicted octanol–water partition coefficient (Wildman–Crippen LogP) is 3.67. The van der Waals surface area contributed by atoms with Crippen molar-refractivity contribution >= 4 is 46.3 Å². The summed E-state index contributed by atoms with van der Waals surface area (Å²) in [6, 6.07) is 14.1. The van der Waals surface area contributed by atoms with E-state index in [9.17, 15) is 14.4 Å². The Hall–Kier alpha value is -4.18. The van der Waals surface area contributed by atoms with E-state index >= 15 is 0 Å². The van der Waals surface area contributed by atoms with E-state index in [0.717, 1.165) is 23.7 Å². The van der Waals surface area contributed by atoms with Crippen molar-refractivity contribution in [1.82, 2.24) is 4.57 Å². The highest BCUT2D eigenvalue weighted by Gasteiger charge is 2.38. The van der Waals surface area contributed by atoms with Crippen LogP contribution in [0, 0.1) is 0 Å². The molecule has 0 spiro atoms. The van der Waals surface area contributed by atoms with E-state index in [1.807, 2.05) is 19.1 Å². The molecule has 2 aromatic carbocycles. The van der Waals surface area contributed by atoms with Gasteiger partial charge >= 0.3 is 11.9 Å². The van der Waals surface area contributed by atoms with Gasteiger partial charge in [0.1, 0.15) is 21.7 Å². The van der Waals surface area contributed by atoms with E-state index in [4.69, 9.17) is 24.7 Å². The van der Waals surface area contributed by atoms with Gasteiger partial charge in [0.2, 0.25) is 5.91 Å². The summed E-state index contributed by atoms with van der Waals surface area (Å²) in [6.07, 6.45) is 3.20. The Morgan fingerprint density at radius 1 is 0.950 bits per heavy atom. The number of nitrogens with two attached hydrogens (primary N) is 1. The summed E-state index contributed by atoms with van der Waals surface area (Å²) >= 11 is 1.07. The summed E-state index contributed by atoms with van der Waals surface area (Å²) in [4.78, 5) is 41.0. The first-order valence-corrected chi connectivity index (χ1v) is 13.8. The number of hydrogen-bond acceptors (Lipinski definition) is 9. The number of nitrogen functional groups attached to an aromatic ring is 1. The van der Waals surface area contributed by atoms with E-state index in [1.54, 1.807) is 63.6 Å². The second-order valence-electron chi connectivity index (χ2n) is 8.93. The molecule has 40 heavy (non-hydrogen) atoms. The molecule has 2 heterocycles. The zero-order valence-electron chi connectivity index (χ0n) is 22.9. The molecule has 0 aliphatic carbocycles. The molecule has 0 saturated heterocycles. The third kappa shape index (κ3) is 5.72. The molecule has 1 aliphatic heterocycles. The molecular formula is C30H32N2O7S. The zero-order valence-corrected chi connectivity index (χ0v) is 23.7. The maximum atomic E-state index is 14.1. The van der Waals surface area contributed by atoms with Gasteiger partial charge in [0.05, 0.1) is 38.5 Å². The van der Waals surface area contributed by atoms with Crippen LogP contribution in [0.25, 0.3) is 11.0 Å². The first-order valence-electron chi connectivity index (χ1n) is 12.9. The van der Waals surface area contributed by atoms with E-state index in [-0.39, 0.29) is 34.8 Å². The molecule has 0 unspecified atom stereocenters. The number of aromatic nitrogens is 1. The fourth-order valence-electron chi connectivity index (χ4n) is 4.32. The number of fused-ring (bicyclic) bond motifs is 1. The summed E-state index contributed by atoms with van der Waals surface area (Å²) in [5.41, 5.74) is 7.87. The van der Waals surface area contributed by atoms with Crippen molar-refractivity contribution in [3.8, 4) is 11.5 Å². The standard InChI is InChI=1S/C30H32N2O7S/c1-5-7-16-39-29(34)25-23(31)22(17-18-8-12-20(36-3)13-9-18)24-27(30(35)38-6-2)40-26(28(33)32(24)25)19-10-14-21(37-4)15-11-19/h8-15,17,26H,5-7,16,31H2,1-4H3/b22-17+/t26-/m1/s1. The van der Waals surface area contributed by atoms with Crippen molar-refractivity contribution in [2.75, 3.05) is 33.2 Å². The number of esters is 2. The van der Waals surface area contributed by atoms with E-state index in [0.29, 0.717) is 28.7 Å². The molecular weight excluding hydrogens is 532 g/mol. The Labute approximate surface area is 236 Å². The minimum Gasteiger partial charge on any atom is -0.497 e. The van der Waals surface area contributed by atoms with Crippen LogP contribution >= 0.6 is 11.8 Å². The van der Waals surface area contributed by atoms with Crippen LogP contribution in [0.4, 0.5) is 5.69 Å². The summed E-state index contributed by atoms with van der Waals surface area (Å²) in [5.74, 6) is -0.502. The molecule has 3 aromatic rings. The molecule has 2 N–H and O–H groups in total. The average molecular weight is 565 g/mol. The lowest BCUT2D eigenvalue weighted by atomic mass is 10.1. The first-order chi connectivity index (χ1) is 19.3. The van der Waals surface area contributed by atoms with Crippen molar-refractivity contribution in [3.63, 3.8) is 0 Å². The van der Waals surface area contributed by atoms with Crippen LogP contribution in [0.1, 0.15) is 58.3 Å². The second kappa shape index (κ2) is 12.8. The van der Waals surface area contributed by atoms with Crippen molar-refractivity contribution in [2.45, 2.75) is 31.9 Å². The molecule has 0 amide bonds. The van der Waals surface area contributed by atoms with E-state index in [2.05, 4.69) is 0 Å². The van der Waals surface area contributed by atoms with Crippen LogP contribution in [0.15, 0.2) is 48.5 Å². The number of carbonyl (C=O) groups excluding carboxylic acids is 3. The maximum absolute atomic E-state index is 14.1. The number of nitrogens with zero attached hydrogens (tertiary/aromatic N) is 1. The molecule has 0 bridgehead atoms. The highest BCUT2D eigenvalue weighted by molar-refractivity contribution is 8.10. The number of benzene rings is 2. The van der Waals surface area contributed by atoms with E-state index in [1.165, 1.54) is 4.57 Å². The number of carbonyl (C=O) groups is 3. The normalized spacial score (nSPS) is 15.0. The lowest BCUT2D eigenvalue weighted by Crippen LogP contribution is -2.42. The van der Waals surface area contributed by atoms with Gasteiger partial charge in [0.25, 0.3) is 0 Å². The SMILES string of the molecule is CCCCOC(=O)c1c(N)/c(=C\c2ccc(OC)cc2)c2n1C(=O)[C@@H](c1ccc(OC)cc1)SC=2C(=O)OCC. The molecule has 210 valence electrons. The molecule has 0 fully saturated rings. The predicted molar refractivity (Wildman–Crippen MR) is 154 cm³/mol. The number of methoxy groups -OCH3 is 2. The van der Waals surface area contributed by atoms with Crippen LogP contribution in [0.2, 0.25) is 0 Å². The van der Waals surface area contributed by atoms with Crippen LogP contribution in [-0.4, -0.2) is 49.8 Å². The smallest absolute Gasteiger partial charge is 0.357 e. The summed E-state index contributed by atoms with van der Waals surface area (Å²) in [7, 11) is 3.12. The molecule has 1 aromatic heterocycles. The molecule has 1 atom stereocenters. The third-order valence-corrected chi connectivity index (χ3v) is 7.68. The molecule has 1 aliphatic rings. The Morgan fingerprint density at radius 3 is 2.15 bits per heavy atom. The quantitative estimate of drug-likeness (QED) is 0.291. The number of thioether (sulfide) groups is 1. The maximum Gasteiger partial charge on any atom is 0.357 e. The second-order valence-corrected chi connectivity index (χ2v) is 10.0. The topological polar surface area (TPSA) is 119 Å². The molecule has 0 saturated carbocycles. The number of anilines is 1. The van der Waals surface area contributed by atoms with Gasteiger partial charge in [-0.1, -0.05) is 49.4 Å². The van der Waals surface area contributed by atoms with E-state index < -0.39 is 23.1 Å². The van der Waals surface area contributed by atoms with Gasteiger partial charge in [-0.15, -0.1) is 0 Å². The lowest BCUT2D eigenvalue weighted by Gasteiger charge is -2.23. The van der Waals surface area contributed by atoms with Crippen molar-refractivity contribution in [1.29, 1.82) is 0 Å². The van der Waals surface area contributed by atoms with Crippen LogP contribution in [-0.2, 0) is 14.3 Å². The number of ether oxygens (including phenoxy) is 4. The summed E-state index contributed by atoms with van der Waals surface area (Å²) < 4.78 is 22.6. The third-order valence-electron chi connectivity index (χ3n) is 6.37.